The van der Waals surface area contributed by atoms with Gasteiger partial charge in [-0.1, -0.05) is 13.3 Å². The largest absolute Gasteiger partial charge is 0.493 e. The molecular weight excluding hydrogens is 328 g/mol. The Morgan fingerprint density at radius 1 is 1.37 bits per heavy atom. The second-order valence-corrected chi connectivity index (χ2v) is 6.38. The van der Waals surface area contributed by atoms with Crippen LogP contribution in [-0.2, 0) is 5.88 Å². The summed E-state index contributed by atoms with van der Waals surface area (Å²) in [6.45, 7) is 2.29. The van der Waals surface area contributed by atoms with Crippen LogP contribution in [0.3, 0.4) is 0 Å². The van der Waals surface area contributed by atoms with Crippen molar-refractivity contribution in [1.29, 1.82) is 0 Å². The van der Waals surface area contributed by atoms with E-state index in [4.69, 9.17) is 21.1 Å². The first kappa shape index (κ1) is 15.0. The van der Waals surface area contributed by atoms with Crippen molar-refractivity contribution in [1.82, 2.24) is 0 Å². The van der Waals surface area contributed by atoms with E-state index in [2.05, 4.69) is 22.9 Å². The zero-order valence-electron chi connectivity index (χ0n) is 11.4. The molecule has 2 unspecified atom stereocenters. The maximum Gasteiger partial charge on any atom is 0.175 e. The van der Waals surface area contributed by atoms with Crippen molar-refractivity contribution in [2.45, 2.75) is 44.6 Å². The quantitative estimate of drug-likeness (QED) is 0.701. The summed E-state index contributed by atoms with van der Waals surface area (Å²) in [6, 6.07) is 3.94. The molecule has 1 aromatic carbocycles. The summed E-state index contributed by atoms with van der Waals surface area (Å²) in [5.41, 5.74) is 1.02. The second-order valence-electron chi connectivity index (χ2n) is 5.25. The summed E-state index contributed by atoms with van der Waals surface area (Å²) >= 11 is 9.43. The highest BCUT2D eigenvalue weighted by Gasteiger charge is 2.22. The van der Waals surface area contributed by atoms with E-state index in [9.17, 15) is 0 Å². The van der Waals surface area contributed by atoms with Crippen LogP contribution in [0, 0.1) is 5.92 Å². The number of benzene rings is 1. The molecule has 0 N–H and O–H groups in total. The van der Waals surface area contributed by atoms with Gasteiger partial charge in [0.05, 0.1) is 17.7 Å². The molecule has 0 aromatic heterocycles. The van der Waals surface area contributed by atoms with Crippen LogP contribution >= 0.6 is 27.5 Å². The fourth-order valence-electron chi connectivity index (χ4n) is 2.62. The minimum Gasteiger partial charge on any atom is -0.493 e. The van der Waals surface area contributed by atoms with Gasteiger partial charge >= 0.3 is 0 Å². The molecule has 0 spiro atoms. The predicted octanol–water partition coefficient (Wildman–Crippen LogP) is 5.15. The number of halogens is 2. The molecule has 19 heavy (non-hydrogen) atoms. The highest BCUT2D eigenvalue weighted by molar-refractivity contribution is 9.10. The van der Waals surface area contributed by atoms with Gasteiger partial charge in [-0.15, -0.1) is 11.6 Å². The Morgan fingerprint density at radius 2 is 2.16 bits per heavy atom. The van der Waals surface area contributed by atoms with E-state index in [-0.39, 0.29) is 6.10 Å². The maximum atomic E-state index is 6.16. The Kier molecular flexibility index (Phi) is 5.40. The monoisotopic (exact) mass is 346 g/mol. The standard InChI is InChI=1S/C15H20BrClO2/c1-10-4-3-5-12(6-10)19-15-13(16)7-11(9-17)8-14(15)18-2/h7-8,10,12H,3-6,9H2,1-2H3. The summed E-state index contributed by atoms with van der Waals surface area (Å²) in [5, 5.41) is 0. The molecule has 1 aliphatic rings. The Balaban J connectivity index is 2.18. The smallest absolute Gasteiger partial charge is 0.175 e. The summed E-state index contributed by atoms with van der Waals surface area (Å²) in [6.07, 6.45) is 5.08. The first-order valence-corrected chi connectivity index (χ1v) is 8.05. The Labute approximate surface area is 128 Å². The first-order valence-electron chi connectivity index (χ1n) is 6.73. The molecule has 106 valence electrons. The molecule has 2 rings (SSSR count). The molecule has 4 heteroatoms. The molecule has 2 nitrogen and oxygen atoms in total. The highest BCUT2D eigenvalue weighted by atomic mass is 79.9. The fraction of sp³-hybridized carbons (Fsp3) is 0.600. The van der Waals surface area contributed by atoms with Gasteiger partial charge in [-0.25, -0.2) is 0 Å². The van der Waals surface area contributed by atoms with Crippen molar-refractivity contribution in [3.63, 3.8) is 0 Å². The Morgan fingerprint density at radius 3 is 2.79 bits per heavy atom. The van der Waals surface area contributed by atoms with Gasteiger partial charge in [-0.2, -0.15) is 0 Å². The molecule has 0 saturated heterocycles. The van der Waals surface area contributed by atoms with Crippen LogP contribution in [0.5, 0.6) is 11.5 Å². The summed E-state index contributed by atoms with van der Waals surface area (Å²) in [5.74, 6) is 2.76. The Hall–Kier alpha value is -0.410. The molecule has 1 aromatic rings. The van der Waals surface area contributed by atoms with E-state index in [1.165, 1.54) is 12.8 Å². The highest BCUT2D eigenvalue weighted by Crippen LogP contribution is 2.39. The van der Waals surface area contributed by atoms with Crippen LogP contribution in [-0.4, -0.2) is 13.2 Å². The molecular formula is C15H20BrClO2. The number of methoxy groups -OCH3 is 1. The minimum atomic E-state index is 0.288. The van der Waals surface area contributed by atoms with Crippen LogP contribution in [0.2, 0.25) is 0 Å². The van der Waals surface area contributed by atoms with Gasteiger partial charge in [-0.05, 0) is 58.8 Å². The molecule has 0 aliphatic heterocycles. The van der Waals surface area contributed by atoms with E-state index in [1.54, 1.807) is 7.11 Å². The lowest BCUT2D eigenvalue weighted by Crippen LogP contribution is -2.24. The summed E-state index contributed by atoms with van der Waals surface area (Å²) < 4.78 is 12.5. The van der Waals surface area contributed by atoms with Crippen LogP contribution in [0.4, 0.5) is 0 Å². The molecule has 1 saturated carbocycles. The summed E-state index contributed by atoms with van der Waals surface area (Å²) in [4.78, 5) is 0. The van der Waals surface area contributed by atoms with Crippen LogP contribution < -0.4 is 9.47 Å². The topological polar surface area (TPSA) is 18.5 Å². The third-order valence-electron chi connectivity index (χ3n) is 3.62. The van der Waals surface area contributed by atoms with Gasteiger partial charge in [0.15, 0.2) is 11.5 Å². The maximum absolute atomic E-state index is 6.16. The number of ether oxygens (including phenoxy) is 2. The van der Waals surface area contributed by atoms with E-state index in [1.807, 2.05) is 12.1 Å². The molecule has 0 amide bonds. The molecule has 1 aliphatic carbocycles. The van der Waals surface area contributed by atoms with Gasteiger partial charge in [0, 0.05) is 5.88 Å². The molecule has 0 bridgehead atoms. The van der Waals surface area contributed by atoms with Gasteiger partial charge in [-0.3, -0.25) is 0 Å². The number of hydrogen-bond donors (Lipinski definition) is 0. The lowest BCUT2D eigenvalue weighted by atomic mass is 9.89. The lowest BCUT2D eigenvalue weighted by Gasteiger charge is -2.28. The van der Waals surface area contributed by atoms with E-state index in [0.717, 1.165) is 40.3 Å². The third kappa shape index (κ3) is 3.79. The van der Waals surface area contributed by atoms with Crippen molar-refractivity contribution < 1.29 is 9.47 Å². The Bertz CT molecular complexity index is 436. The summed E-state index contributed by atoms with van der Waals surface area (Å²) in [7, 11) is 1.66. The van der Waals surface area contributed by atoms with Crippen molar-refractivity contribution in [2.24, 2.45) is 5.92 Å². The van der Waals surface area contributed by atoms with E-state index >= 15 is 0 Å². The third-order valence-corrected chi connectivity index (χ3v) is 4.51. The fourth-order valence-corrected chi connectivity index (χ4v) is 3.35. The predicted molar refractivity (Wildman–Crippen MR) is 82.3 cm³/mol. The molecule has 1 fully saturated rings. The minimum absolute atomic E-state index is 0.288. The van der Waals surface area contributed by atoms with Crippen molar-refractivity contribution in [3.05, 3.63) is 22.2 Å². The van der Waals surface area contributed by atoms with Gasteiger partial charge in [0.2, 0.25) is 0 Å². The average Bonchev–Trinajstić information content (AvgIpc) is 2.40. The van der Waals surface area contributed by atoms with Crippen molar-refractivity contribution in [3.8, 4) is 11.5 Å². The number of rotatable bonds is 4. The van der Waals surface area contributed by atoms with Gasteiger partial charge < -0.3 is 9.47 Å². The lowest BCUT2D eigenvalue weighted by molar-refractivity contribution is 0.124. The normalized spacial score (nSPS) is 23.2. The van der Waals surface area contributed by atoms with E-state index in [0.29, 0.717) is 5.88 Å². The van der Waals surface area contributed by atoms with Crippen LogP contribution in [0.15, 0.2) is 16.6 Å². The molecule has 0 radical (unpaired) electrons. The van der Waals surface area contributed by atoms with Crippen molar-refractivity contribution in [2.75, 3.05) is 7.11 Å². The molecule has 2 atom stereocenters. The van der Waals surface area contributed by atoms with Gasteiger partial charge in [0.25, 0.3) is 0 Å². The number of hydrogen-bond acceptors (Lipinski definition) is 2. The zero-order valence-corrected chi connectivity index (χ0v) is 13.8. The van der Waals surface area contributed by atoms with Crippen LogP contribution in [0.25, 0.3) is 0 Å². The SMILES string of the molecule is COc1cc(CCl)cc(Br)c1OC1CCCC(C)C1. The first-order chi connectivity index (χ1) is 9.13. The number of alkyl halides is 1. The zero-order chi connectivity index (χ0) is 13.8. The second kappa shape index (κ2) is 6.85. The van der Waals surface area contributed by atoms with Gasteiger partial charge in [0.1, 0.15) is 0 Å². The molecule has 0 heterocycles. The average molecular weight is 348 g/mol. The van der Waals surface area contributed by atoms with Crippen LogP contribution in [0.1, 0.15) is 38.2 Å². The van der Waals surface area contributed by atoms with E-state index < -0.39 is 0 Å². The van der Waals surface area contributed by atoms with Crippen molar-refractivity contribution >= 4 is 27.5 Å².